The van der Waals surface area contributed by atoms with Crippen molar-refractivity contribution in [2.24, 2.45) is 5.92 Å². The van der Waals surface area contributed by atoms with Crippen LogP contribution in [0.3, 0.4) is 0 Å². The molecule has 0 amide bonds. The SMILES string of the molecule is CC1(O)CCCC1NCC1CCOC1. The number of nitrogens with one attached hydrogen (secondary N) is 1. The first-order valence-corrected chi connectivity index (χ1v) is 5.72. The van der Waals surface area contributed by atoms with Gasteiger partial charge < -0.3 is 15.2 Å². The van der Waals surface area contributed by atoms with E-state index in [-0.39, 0.29) is 0 Å². The first kappa shape index (κ1) is 10.4. The minimum atomic E-state index is -0.487. The molecule has 0 radical (unpaired) electrons. The molecule has 0 bridgehead atoms. The van der Waals surface area contributed by atoms with Crippen molar-refractivity contribution in [3.63, 3.8) is 0 Å². The predicted molar refractivity (Wildman–Crippen MR) is 55.2 cm³/mol. The van der Waals surface area contributed by atoms with Gasteiger partial charge in [-0.15, -0.1) is 0 Å². The Labute approximate surface area is 85.8 Å². The third kappa shape index (κ3) is 2.27. The van der Waals surface area contributed by atoms with E-state index in [1.807, 2.05) is 6.92 Å². The Balaban J connectivity index is 1.74. The average molecular weight is 199 g/mol. The van der Waals surface area contributed by atoms with Crippen LogP contribution < -0.4 is 5.32 Å². The second kappa shape index (κ2) is 4.17. The molecular formula is C11H21NO2. The Bertz CT molecular complexity index is 188. The van der Waals surface area contributed by atoms with Crippen LogP contribution in [0.4, 0.5) is 0 Å². The zero-order chi connectivity index (χ0) is 10.0. The normalized spacial score (nSPS) is 43.3. The maximum atomic E-state index is 10.0. The van der Waals surface area contributed by atoms with E-state index < -0.39 is 5.60 Å². The molecule has 0 spiro atoms. The number of aliphatic hydroxyl groups is 1. The van der Waals surface area contributed by atoms with Crippen LogP contribution in [0.1, 0.15) is 32.6 Å². The van der Waals surface area contributed by atoms with E-state index in [2.05, 4.69) is 5.32 Å². The summed E-state index contributed by atoms with van der Waals surface area (Å²) in [6.45, 7) is 4.75. The number of ether oxygens (including phenoxy) is 1. The summed E-state index contributed by atoms with van der Waals surface area (Å²) in [5, 5.41) is 13.5. The van der Waals surface area contributed by atoms with Crippen LogP contribution in [0.5, 0.6) is 0 Å². The molecule has 1 heterocycles. The van der Waals surface area contributed by atoms with E-state index in [0.29, 0.717) is 12.0 Å². The van der Waals surface area contributed by atoms with E-state index >= 15 is 0 Å². The van der Waals surface area contributed by atoms with Gasteiger partial charge in [-0.1, -0.05) is 0 Å². The van der Waals surface area contributed by atoms with Crippen LogP contribution >= 0.6 is 0 Å². The third-order valence-corrected chi connectivity index (χ3v) is 3.60. The van der Waals surface area contributed by atoms with Gasteiger partial charge in [-0.3, -0.25) is 0 Å². The maximum absolute atomic E-state index is 10.0. The highest BCUT2D eigenvalue weighted by molar-refractivity contribution is 4.94. The molecule has 1 saturated carbocycles. The van der Waals surface area contributed by atoms with Crippen LogP contribution in [0.25, 0.3) is 0 Å². The Hall–Kier alpha value is -0.120. The Kier molecular flexibility index (Phi) is 3.10. The van der Waals surface area contributed by atoms with Gasteiger partial charge in [0.05, 0.1) is 12.2 Å². The summed E-state index contributed by atoms with van der Waals surface area (Å²) in [5.74, 6) is 0.659. The van der Waals surface area contributed by atoms with Gasteiger partial charge in [0.2, 0.25) is 0 Å². The molecule has 1 saturated heterocycles. The molecule has 0 aromatic rings. The molecule has 3 atom stereocenters. The zero-order valence-corrected chi connectivity index (χ0v) is 8.96. The summed E-state index contributed by atoms with van der Waals surface area (Å²) in [7, 11) is 0. The van der Waals surface area contributed by atoms with Gasteiger partial charge in [0, 0.05) is 19.2 Å². The molecule has 3 nitrogen and oxygen atoms in total. The second-order valence-electron chi connectivity index (χ2n) is 4.94. The fourth-order valence-corrected chi connectivity index (χ4v) is 2.52. The van der Waals surface area contributed by atoms with Crippen molar-refractivity contribution in [2.45, 2.75) is 44.2 Å². The smallest absolute Gasteiger partial charge is 0.0772 e. The molecular weight excluding hydrogens is 178 g/mol. The molecule has 2 aliphatic rings. The molecule has 3 unspecified atom stereocenters. The lowest BCUT2D eigenvalue weighted by Gasteiger charge is -2.27. The van der Waals surface area contributed by atoms with E-state index in [4.69, 9.17) is 4.74 Å². The summed E-state index contributed by atoms with van der Waals surface area (Å²) < 4.78 is 5.32. The second-order valence-corrected chi connectivity index (χ2v) is 4.94. The highest BCUT2D eigenvalue weighted by Gasteiger charge is 2.36. The van der Waals surface area contributed by atoms with Crippen molar-refractivity contribution in [2.75, 3.05) is 19.8 Å². The fourth-order valence-electron chi connectivity index (χ4n) is 2.52. The van der Waals surface area contributed by atoms with E-state index in [1.165, 1.54) is 6.42 Å². The lowest BCUT2D eigenvalue weighted by Crippen LogP contribution is -2.46. The quantitative estimate of drug-likeness (QED) is 0.710. The van der Waals surface area contributed by atoms with Gasteiger partial charge in [0.15, 0.2) is 0 Å². The fraction of sp³-hybridized carbons (Fsp3) is 1.00. The molecule has 3 heteroatoms. The van der Waals surface area contributed by atoms with E-state index in [9.17, 15) is 5.11 Å². The Morgan fingerprint density at radius 2 is 2.36 bits per heavy atom. The molecule has 82 valence electrons. The van der Waals surface area contributed by atoms with Crippen LogP contribution in [0.2, 0.25) is 0 Å². The lowest BCUT2D eigenvalue weighted by molar-refractivity contribution is 0.0378. The lowest BCUT2D eigenvalue weighted by atomic mass is 9.99. The van der Waals surface area contributed by atoms with Gasteiger partial charge in [0.1, 0.15) is 0 Å². The zero-order valence-electron chi connectivity index (χ0n) is 8.96. The van der Waals surface area contributed by atoms with Crippen molar-refractivity contribution in [1.29, 1.82) is 0 Å². The summed E-state index contributed by atoms with van der Waals surface area (Å²) in [4.78, 5) is 0. The number of hydrogen-bond donors (Lipinski definition) is 2. The average Bonchev–Trinajstić information content (AvgIpc) is 2.71. The van der Waals surface area contributed by atoms with Gasteiger partial charge in [-0.2, -0.15) is 0 Å². The van der Waals surface area contributed by atoms with Gasteiger partial charge in [-0.25, -0.2) is 0 Å². The van der Waals surface area contributed by atoms with Crippen molar-refractivity contribution < 1.29 is 9.84 Å². The van der Waals surface area contributed by atoms with E-state index in [1.54, 1.807) is 0 Å². The van der Waals surface area contributed by atoms with Crippen LogP contribution in [0, 0.1) is 5.92 Å². The summed E-state index contributed by atoms with van der Waals surface area (Å²) in [6.07, 6.45) is 4.36. The first-order valence-electron chi connectivity index (χ1n) is 5.72. The number of rotatable bonds is 3. The van der Waals surface area contributed by atoms with Crippen LogP contribution in [0.15, 0.2) is 0 Å². The third-order valence-electron chi connectivity index (χ3n) is 3.60. The molecule has 0 aromatic heterocycles. The van der Waals surface area contributed by atoms with Crippen molar-refractivity contribution in [3.05, 3.63) is 0 Å². The molecule has 2 fully saturated rings. The molecule has 0 aromatic carbocycles. The van der Waals surface area contributed by atoms with Crippen LogP contribution in [-0.4, -0.2) is 36.5 Å². The summed E-state index contributed by atoms with van der Waals surface area (Å²) >= 11 is 0. The number of hydrogen-bond acceptors (Lipinski definition) is 3. The monoisotopic (exact) mass is 199 g/mol. The minimum Gasteiger partial charge on any atom is -0.389 e. The van der Waals surface area contributed by atoms with Crippen molar-refractivity contribution in [1.82, 2.24) is 5.32 Å². The predicted octanol–water partition coefficient (Wildman–Crippen LogP) is 0.916. The van der Waals surface area contributed by atoms with Gasteiger partial charge in [-0.05, 0) is 38.5 Å². The highest BCUT2D eigenvalue weighted by Crippen LogP contribution is 2.29. The molecule has 2 N–H and O–H groups in total. The van der Waals surface area contributed by atoms with Gasteiger partial charge >= 0.3 is 0 Å². The largest absolute Gasteiger partial charge is 0.389 e. The highest BCUT2D eigenvalue weighted by atomic mass is 16.5. The Morgan fingerprint density at radius 3 is 2.93 bits per heavy atom. The molecule has 1 aliphatic heterocycles. The standard InChI is InChI=1S/C11H21NO2/c1-11(13)5-2-3-10(11)12-7-9-4-6-14-8-9/h9-10,12-13H,2-8H2,1H3. The molecule has 1 aliphatic carbocycles. The minimum absolute atomic E-state index is 0.295. The summed E-state index contributed by atoms with van der Waals surface area (Å²) in [5.41, 5.74) is -0.487. The van der Waals surface area contributed by atoms with Gasteiger partial charge in [0.25, 0.3) is 0 Å². The van der Waals surface area contributed by atoms with Crippen molar-refractivity contribution in [3.8, 4) is 0 Å². The Morgan fingerprint density at radius 1 is 1.50 bits per heavy atom. The first-order chi connectivity index (χ1) is 6.68. The van der Waals surface area contributed by atoms with Crippen LogP contribution in [-0.2, 0) is 4.74 Å². The maximum Gasteiger partial charge on any atom is 0.0772 e. The summed E-state index contributed by atoms with van der Waals surface area (Å²) in [6, 6.07) is 0.295. The van der Waals surface area contributed by atoms with E-state index in [0.717, 1.165) is 39.0 Å². The molecule has 2 rings (SSSR count). The topological polar surface area (TPSA) is 41.5 Å². The molecule has 14 heavy (non-hydrogen) atoms. The van der Waals surface area contributed by atoms with Crippen molar-refractivity contribution >= 4 is 0 Å².